The molecule has 33 heavy (non-hydrogen) atoms. The first-order chi connectivity index (χ1) is 15.6. The minimum atomic E-state index is -3.68. The number of para-hydroxylation sites is 1. The zero-order valence-corrected chi connectivity index (χ0v) is 20.7. The number of hydrogen-bond acceptors (Lipinski definition) is 4. The molecule has 0 bridgehead atoms. The molecular weight excluding hydrogens is 462 g/mol. The summed E-state index contributed by atoms with van der Waals surface area (Å²) in [5.74, 6) is -1.60. The van der Waals surface area contributed by atoms with E-state index >= 15 is 0 Å². The third-order valence-corrected chi connectivity index (χ3v) is 8.42. The third kappa shape index (κ3) is 5.93. The summed E-state index contributed by atoms with van der Waals surface area (Å²) in [6.07, 6.45) is 2.86. The van der Waals surface area contributed by atoms with Crippen LogP contribution in [-0.2, 0) is 19.6 Å². The van der Waals surface area contributed by atoms with Gasteiger partial charge < -0.3 is 10.6 Å². The Morgan fingerprint density at radius 3 is 2.39 bits per heavy atom. The van der Waals surface area contributed by atoms with E-state index in [2.05, 4.69) is 10.6 Å². The largest absolute Gasteiger partial charge is 0.348 e. The fraction of sp³-hybridized carbons (Fsp3) is 0.417. The molecule has 7 nitrogen and oxygen atoms in total. The highest BCUT2D eigenvalue weighted by molar-refractivity contribution is 7.89. The predicted octanol–water partition coefficient (Wildman–Crippen LogP) is 3.95. The normalized spacial score (nSPS) is 16.9. The van der Waals surface area contributed by atoms with E-state index in [-0.39, 0.29) is 12.6 Å². The Kier molecular flexibility index (Phi) is 8.15. The van der Waals surface area contributed by atoms with Gasteiger partial charge in [0.15, 0.2) is 0 Å². The van der Waals surface area contributed by atoms with Gasteiger partial charge in [0.2, 0.25) is 10.0 Å². The standard InChI is InChI=1S/C24H30ClN3O4S/c1-16-14-17(2)22(18(3)15-16)33(31,32)28-13-7-6-8-19(28)11-12-26-23(29)24(30)27-21-10-5-4-9-20(21)25/h4-5,9-10,14-15,19H,6-8,11-13H2,1-3H3,(H,26,29)(H,27,30). The fourth-order valence-corrected chi connectivity index (χ4v) is 6.77. The molecule has 1 heterocycles. The van der Waals surface area contributed by atoms with Gasteiger partial charge in [-0.1, -0.05) is 47.9 Å². The second kappa shape index (κ2) is 10.7. The summed E-state index contributed by atoms with van der Waals surface area (Å²) in [7, 11) is -3.68. The summed E-state index contributed by atoms with van der Waals surface area (Å²) in [4.78, 5) is 24.8. The molecule has 9 heteroatoms. The summed E-state index contributed by atoms with van der Waals surface area (Å²) in [5.41, 5.74) is 2.85. The van der Waals surface area contributed by atoms with Crippen molar-refractivity contribution in [1.82, 2.24) is 9.62 Å². The van der Waals surface area contributed by atoms with Gasteiger partial charge in [0.05, 0.1) is 15.6 Å². The molecule has 1 aliphatic rings. The minimum absolute atomic E-state index is 0.192. The van der Waals surface area contributed by atoms with E-state index in [0.29, 0.717) is 35.0 Å². The van der Waals surface area contributed by atoms with Crippen molar-refractivity contribution in [2.75, 3.05) is 18.4 Å². The number of benzene rings is 2. The van der Waals surface area contributed by atoms with Crippen LogP contribution in [0.4, 0.5) is 5.69 Å². The van der Waals surface area contributed by atoms with Crippen molar-refractivity contribution in [3.05, 3.63) is 58.1 Å². The van der Waals surface area contributed by atoms with E-state index in [1.165, 1.54) is 0 Å². The molecule has 1 aliphatic heterocycles. The van der Waals surface area contributed by atoms with Crippen LogP contribution >= 0.6 is 11.6 Å². The monoisotopic (exact) mass is 491 g/mol. The van der Waals surface area contributed by atoms with Crippen molar-refractivity contribution in [3.63, 3.8) is 0 Å². The van der Waals surface area contributed by atoms with Crippen LogP contribution in [0.2, 0.25) is 5.02 Å². The van der Waals surface area contributed by atoms with Gasteiger partial charge in [-0.2, -0.15) is 4.31 Å². The van der Waals surface area contributed by atoms with Crippen molar-refractivity contribution in [2.24, 2.45) is 0 Å². The minimum Gasteiger partial charge on any atom is -0.348 e. The molecule has 2 N–H and O–H groups in total. The van der Waals surface area contributed by atoms with Gasteiger partial charge in [-0.15, -0.1) is 0 Å². The second-order valence-corrected chi connectivity index (χ2v) is 10.7. The van der Waals surface area contributed by atoms with Crippen LogP contribution in [0, 0.1) is 20.8 Å². The molecule has 1 unspecified atom stereocenters. The maximum Gasteiger partial charge on any atom is 0.313 e. The van der Waals surface area contributed by atoms with Gasteiger partial charge in [-0.3, -0.25) is 9.59 Å². The van der Waals surface area contributed by atoms with E-state index in [1.54, 1.807) is 28.6 Å². The highest BCUT2D eigenvalue weighted by Crippen LogP contribution is 2.31. The summed E-state index contributed by atoms with van der Waals surface area (Å²) >= 11 is 6.01. The first kappa shape index (κ1) is 25.2. The van der Waals surface area contributed by atoms with Crippen LogP contribution in [0.1, 0.15) is 42.4 Å². The van der Waals surface area contributed by atoms with Crippen molar-refractivity contribution >= 4 is 39.1 Å². The number of aryl methyl sites for hydroxylation is 3. The lowest BCUT2D eigenvalue weighted by molar-refractivity contribution is -0.136. The number of nitrogens with zero attached hydrogens (tertiary/aromatic N) is 1. The molecule has 2 aromatic carbocycles. The molecule has 0 spiro atoms. The number of amides is 2. The number of anilines is 1. The summed E-state index contributed by atoms with van der Waals surface area (Å²) in [6.45, 7) is 6.23. The Labute approximate surface area is 200 Å². The van der Waals surface area contributed by atoms with Gasteiger partial charge in [0.1, 0.15) is 0 Å². The molecule has 1 fully saturated rings. The number of sulfonamides is 1. The van der Waals surface area contributed by atoms with E-state index in [1.807, 2.05) is 32.9 Å². The highest BCUT2D eigenvalue weighted by Gasteiger charge is 2.35. The quantitative estimate of drug-likeness (QED) is 0.598. The number of piperidine rings is 1. The molecule has 3 rings (SSSR count). The lowest BCUT2D eigenvalue weighted by atomic mass is 10.0. The molecule has 2 amide bonds. The summed E-state index contributed by atoms with van der Waals surface area (Å²) in [6, 6.07) is 10.2. The van der Waals surface area contributed by atoms with Gasteiger partial charge in [0.25, 0.3) is 0 Å². The summed E-state index contributed by atoms with van der Waals surface area (Å²) < 4.78 is 28.7. The van der Waals surface area contributed by atoms with Crippen molar-refractivity contribution in [3.8, 4) is 0 Å². The Morgan fingerprint density at radius 1 is 1.06 bits per heavy atom. The zero-order valence-electron chi connectivity index (χ0n) is 19.2. The van der Waals surface area contributed by atoms with E-state index < -0.39 is 21.8 Å². The van der Waals surface area contributed by atoms with Crippen molar-refractivity contribution < 1.29 is 18.0 Å². The van der Waals surface area contributed by atoms with E-state index in [9.17, 15) is 18.0 Å². The Hall–Kier alpha value is -2.42. The number of carbonyl (C=O) groups excluding carboxylic acids is 2. The van der Waals surface area contributed by atoms with Crippen LogP contribution < -0.4 is 10.6 Å². The van der Waals surface area contributed by atoms with Crippen LogP contribution in [0.15, 0.2) is 41.3 Å². The molecule has 178 valence electrons. The molecule has 1 saturated heterocycles. The van der Waals surface area contributed by atoms with Gasteiger partial charge in [-0.05, 0) is 63.3 Å². The van der Waals surface area contributed by atoms with Crippen molar-refractivity contribution in [2.45, 2.75) is 57.4 Å². The maximum absolute atomic E-state index is 13.6. The molecule has 2 aromatic rings. The van der Waals surface area contributed by atoms with E-state index in [0.717, 1.165) is 29.5 Å². The predicted molar refractivity (Wildman–Crippen MR) is 130 cm³/mol. The molecule has 0 saturated carbocycles. The van der Waals surface area contributed by atoms with E-state index in [4.69, 9.17) is 11.6 Å². The SMILES string of the molecule is Cc1cc(C)c(S(=O)(=O)N2CCCCC2CCNC(=O)C(=O)Nc2ccccc2Cl)c(C)c1. The number of hydrogen-bond donors (Lipinski definition) is 2. The Balaban J connectivity index is 1.65. The van der Waals surface area contributed by atoms with Crippen LogP contribution in [-0.4, -0.2) is 43.7 Å². The van der Waals surface area contributed by atoms with Gasteiger partial charge >= 0.3 is 11.8 Å². The first-order valence-electron chi connectivity index (χ1n) is 11.0. The Bertz CT molecular complexity index is 1130. The maximum atomic E-state index is 13.6. The smallest absolute Gasteiger partial charge is 0.313 e. The van der Waals surface area contributed by atoms with Gasteiger partial charge in [-0.25, -0.2) is 8.42 Å². The number of rotatable bonds is 6. The second-order valence-electron chi connectivity index (χ2n) is 8.47. The molecule has 0 aromatic heterocycles. The number of carbonyl (C=O) groups is 2. The van der Waals surface area contributed by atoms with Crippen LogP contribution in [0.3, 0.4) is 0 Å². The fourth-order valence-electron chi connectivity index (χ4n) is 4.44. The third-order valence-electron chi connectivity index (χ3n) is 5.84. The average molecular weight is 492 g/mol. The van der Waals surface area contributed by atoms with Crippen LogP contribution in [0.5, 0.6) is 0 Å². The first-order valence-corrected chi connectivity index (χ1v) is 12.9. The Morgan fingerprint density at radius 2 is 1.73 bits per heavy atom. The molecule has 0 aliphatic carbocycles. The lowest BCUT2D eigenvalue weighted by Gasteiger charge is -2.35. The molecular formula is C24H30ClN3O4S. The van der Waals surface area contributed by atoms with Crippen LogP contribution in [0.25, 0.3) is 0 Å². The summed E-state index contributed by atoms with van der Waals surface area (Å²) in [5, 5.41) is 5.41. The van der Waals surface area contributed by atoms with Crippen molar-refractivity contribution in [1.29, 1.82) is 0 Å². The highest BCUT2D eigenvalue weighted by atomic mass is 35.5. The average Bonchev–Trinajstić information content (AvgIpc) is 2.74. The topological polar surface area (TPSA) is 95.6 Å². The molecule has 0 radical (unpaired) electrons. The number of halogens is 1. The molecule has 1 atom stereocenters. The zero-order chi connectivity index (χ0) is 24.2. The van der Waals surface area contributed by atoms with Gasteiger partial charge in [0, 0.05) is 19.1 Å². The number of nitrogens with one attached hydrogen (secondary N) is 2. The lowest BCUT2D eigenvalue weighted by Crippen LogP contribution is -2.46.